The zero-order valence-corrected chi connectivity index (χ0v) is 19.7. The summed E-state index contributed by atoms with van der Waals surface area (Å²) in [5.41, 5.74) is 6.70. The van der Waals surface area contributed by atoms with Crippen molar-refractivity contribution < 1.29 is 4.42 Å². The van der Waals surface area contributed by atoms with E-state index >= 15 is 0 Å². The van der Waals surface area contributed by atoms with Gasteiger partial charge in [-0.3, -0.25) is 0 Å². The fraction of sp³-hybridized carbons (Fsp3) is 0.103. The van der Waals surface area contributed by atoms with Crippen LogP contribution in [0.5, 0.6) is 0 Å². The third-order valence-electron chi connectivity index (χ3n) is 6.23. The molecule has 166 valence electrons. The second-order valence-electron chi connectivity index (χ2n) is 8.32. The summed E-state index contributed by atoms with van der Waals surface area (Å²) in [7, 11) is 0. The van der Waals surface area contributed by atoms with Crippen LogP contribution in [0.3, 0.4) is 0 Å². The quantitative estimate of drug-likeness (QED) is 0.246. The summed E-state index contributed by atoms with van der Waals surface area (Å²) in [5, 5.41) is 3.41. The number of nitrogens with zero attached hydrogens (tertiary/aromatic N) is 3. The lowest BCUT2D eigenvalue weighted by Gasteiger charge is -2.08. The minimum atomic E-state index is 0.175. The van der Waals surface area contributed by atoms with Crippen molar-refractivity contribution in [3.63, 3.8) is 0 Å². The largest absolute Gasteiger partial charge is 0.442 e. The van der Waals surface area contributed by atoms with E-state index in [1.165, 1.54) is 5.39 Å². The average Bonchev–Trinajstić information content (AvgIpc) is 3.36. The molecule has 0 bridgehead atoms. The van der Waals surface area contributed by atoms with Crippen molar-refractivity contribution in [3.8, 4) is 16.9 Å². The van der Waals surface area contributed by atoms with Gasteiger partial charge >= 0.3 is 0 Å². The molecule has 3 aromatic heterocycles. The van der Waals surface area contributed by atoms with Crippen LogP contribution in [0, 0.1) is 6.92 Å². The number of furan rings is 1. The number of halogens is 1. The van der Waals surface area contributed by atoms with Crippen molar-refractivity contribution >= 4 is 50.6 Å². The molecule has 3 heterocycles. The first-order chi connectivity index (χ1) is 16.7. The van der Waals surface area contributed by atoms with E-state index < -0.39 is 0 Å². The Balaban J connectivity index is 1.66. The van der Waals surface area contributed by atoms with Crippen molar-refractivity contribution in [1.82, 2.24) is 14.5 Å². The maximum absolute atomic E-state index is 6.33. The minimum absolute atomic E-state index is 0.175. The molecular weight excluding hydrogens is 442 g/mol. The first kappa shape index (κ1) is 20.7. The lowest BCUT2D eigenvalue weighted by molar-refractivity contribution is 0.566. The molecule has 0 atom stereocenters. The molecule has 0 amide bonds. The second-order valence-corrected chi connectivity index (χ2v) is 8.66. The van der Waals surface area contributed by atoms with Gasteiger partial charge in [-0.05, 0) is 55.3 Å². The van der Waals surface area contributed by atoms with Crippen molar-refractivity contribution in [2.24, 2.45) is 0 Å². The predicted octanol–water partition coefficient (Wildman–Crippen LogP) is 8.37. The molecule has 0 N–H and O–H groups in total. The molecule has 5 heteroatoms. The highest BCUT2D eigenvalue weighted by Crippen LogP contribution is 2.38. The normalized spacial score (nSPS) is 12.0. The standard InChI is InChI=1S/C29H22ClN3O/c1-3-4-12-21-18(2)34-28-26(21)27(31-29(30)32-28)19-15-16-25-23(17-19)22-13-8-9-14-24(22)33(25)20-10-6-5-7-11-20/h4-17H,3H2,1-2H3/b12-4-. The first-order valence-corrected chi connectivity index (χ1v) is 11.8. The fourth-order valence-corrected chi connectivity index (χ4v) is 4.89. The number of para-hydroxylation sites is 2. The van der Waals surface area contributed by atoms with Gasteiger partial charge in [-0.2, -0.15) is 4.98 Å². The third-order valence-corrected chi connectivity index (χ3v) is 6.40. The molecule has 34 heavy (non-hydrogen) atoms. The van der Waals surface area contributed by atoms with E-state index in [1.54, 1.807) is 0 Å². The van der Waals surface area contributed by atoms with Crippen LogP contribution in [-0.4, -0.2) is 14.5 Å². The molecule has 0 aliphatic heterocycles. The van der Waals surface area contributed by atoms with E-state index in [0.717, 1.165) is 56.5 Å². The highest BCUT2D eigenvalue weighted by atomic mass is 35.5. The number of benzene rings is 3. The molecule has 0 fully saturated rings. The van der Waals surface area contributed by atoms with Crippen LogP contribution in [0.25, 0.3) is 55.9 Å². The summed E-state index contributed by atoms with van der Waals surface area (Å²) in [6.45, 7) is 4.06. The number of aryl methyl sites for hydroxylation is 1. The Bertz CT molecular complexity index is 1710. The van der Waals surface area contributed by atoms with Gasteiger partial charge in [-0.1, -0.05) is 61.5 Å². The van der Waals surface area contributed by atoms with Gasteiger partial charge in [0.2, 0.25) is 11.0 Å². The Hall–Kier alpha value is -3.89. The van der Waals surface area contributed by atoms with Gasteiger partial charge in [0.25, 0.3) is 0 Å². The van der Waals surface area contributed by atoms with Gasteiger partial charge in [0, 0.05) is 27.6 Å². The Morgan fingerprint density at radius 2 is 1.68 bits per heavy atom. The van der Waals surface area contributed by atoms with Gasteiger partial charge in [0.1, 0.15) is 5.76 Å². The second kappa shape index (κ2) is 8.15. The van der Waals surface area contributed by atoms with E-state index in [9.17, 15) is 0 Å². The highest BCUT2D eigenvalue weighted by Gasteiger charge is 2.20. The average molecular weight is 464 g/mol. The Morgan fingerprint density at radius 1 is 0.912 bits per heavy atom. The lowest BCUT2D eigenvalue weighted by atomic mass is 10.0. The molecule has 6 aromatic rings. The van der Waals surface area contributed by atoms with Crippen molar-refractivity contribution in [1.29, 1.82) is 0 Å². The van der Waals surface area contributed by atoms with Crippen LogP contribution in [-0.2, 0) is 0 Å². The topological polar surface area (TPSA) is 43.9 Å². The van der Waals surface area contributed by atoms with Crippen LogP contribution in [0.2, 0.25) is 5.28 Å². The summed E-state index contributed by atoms with van der Waals surface area (Å²) >= 11 is 6.33. The van der Waals surface area contributed by atoms with Crippen LogP contribution in [0.1, 0.15) is 24.7 Å². The van der Waals surface area contributed by atoms with Gasteiger partial charge in [-0.25, -0.2) is 4.98 Å². The van der Waals surface area contributed by atoms with Crippen LogP contribution >= 0.6 is 11.6 Å². The van der Waals surface area contributed by atoms with Crippen LogP contribution in [0.15, 0.2) is 83.3 Å². The number of fused-ring (bicyclic) bond motifs is 4. The lowest BCUT2D eigenvalue weighted by Crippen LogP contribution is -1.93. The Kier molecular flexibility index (Phi) is 4.96. The maximum Gasteiger partial charge on any atom is 0.231 e. The molecule has 0 spiro atoms. The monoisotopic (exact) mass is 463 g/mol. The molecule has 0 unspecified atom stereocenters. The summed E-state index contributed by atoms with van der Waals surface area (Å²) < 4.78 is 8.27. The predicted molar refractivity (Wildman–Crippen MR) is 141 cm³/mol. The van der Waals surface area contributed by atoms with Gasteiger partial charge in [0.05, 0.1) is 22.1 Å². The molecule has 0 saturated carbocycles. The van der Waals surface area contributed by atoms with Gasteiger partial charge in [0.15, 0.2) is 0 Å². The zero-order valence-electron chi connectivity index (χ0n) is 18.9. The van der Waals surface area contributed by atoms with Crippen LogP contribution < -0.4 is 0 Å². The summed E-state index contributed by atoms with van der Waals surface area (Å²) in [4.78, 5) is 9.02. The summed E-state index contributed by atoms with van der Waals surface area (Å²) in [6.07, 6.45) is 5.13. The molecule has 0 aliphatic rings. The molecule has 6 rings (SSSR count). The fourth-order valence-electron chi connectivity index (χ4n) is 4.73. The van der Waals surface area contributed by atoms with Crippen molar-refractivity contribution in [2.45, 2.75) is 20.3 Å². The Labute approximate surface area is 202 Å². The van der Waals surface area contributed by atoms with Gasteiger partial charge < -0.3 is 8.98 Å². The third kappa shape index (κ3) is 3.22. The molecule has 3 aromatic carbocycles. The number of rotatable bonds is 4. The van der Waals surface area contributed by atoms with Gasteiger partial charge in [-0.15, -0.1) is 0 Å². The first-order valence-electron chi connectivity index (χ1n) is 11.4. The van der Waals surface area contributed by atoms with E-state index in [1.807, 2.05) is 13.0 Å². The maximum atomic E-state index is 6.33. The molecule has 0 radical (unpaired) electrons. The Morgan fingerprint density at radius 3 is 2.50 bits per heavy atom. The highest BCUT2D eigenvalue weighted by molar-refractivity contribution is 6.29. The number of aromatic nitrogens is 3. The van der Waals surface area contributed by atoms with Crippen molar-refractivity contribution in [2.75, 3.05) is 0 Å². The van der Waals surface area contributed by atoms with Crippen molar-refractivity contribution in [3.05, 3.63) is 95.5 Å². The zero-order chi connectivity index (χ0) is 23.2. The van der Waals surface area contributed by atoms with E-state index in [-0.39, 0.29) is 5.28 Å². The van der Waals surface area contributed by atoms with Crippen LogP contribution in [0.4, 0.5) is 0 Å². The summed E-state index contributed by atoms with van der Waals surface area (Å²) in [6, 6.07) is 25.4. The van der Waals surface area contributed by atoms with E-state index in [4.69, 9.17) is 16.0 Å². The molecule has 0 saturated heterocycles. The van der Waals surface area contributed by atoms with E-state index in [0.29, 0.717) is 5.71 Å². The summed E-state index contributed by atoms with van der Waals surface area (Å²) in [5.74, 6) is 0.805. The smallest absolute Gasteiger partial charge is 0.231 e. The number of allylic oxidation sites excluding steroid dienone is 1. The van der Waals surface area contributed by atoms with E-state index in [2.05, 4.69) is 100 Å². The number of hydrogen-bond donors (Lipinski definition) is 0. The molecular formula is C29H22ClN3O. The molecule has 4 nitrogen and oxygen atoms in total. The minimum Gasteiger partial charge on any atom is -0.442 e. The SMILES string of the molecule is CC/C=C\c1c(C)oc2nc(Cl)nc(-c3ccc4c(c3)c3ccccc3n4-c3ccccc3)c12. The number of hydrogen-bond acceptors (Lipinski definition) is 3. The molecule has 0 aliphatic carbocycles.